The van der Waals surface area contributed by atoms with Crippen LogP contribution in [0.15, 0.2) is 0 Å². The molecule has 0 unspecified atom stereocenters. The normalized spacial score (nSPS) is 8.00. The second-order valence-corrected chi connectivity index (χ2v) is 2.49. The molecule has 0 aromatic heterocycles. The monoisotopic (exact) mass is 230 g/mol. The predicted molar refractivity (Wildman–Crippen MR) is 56.0 cm³/mol. The van der Waals surface area contributed by atoms with E-state index in [0.29, 0.717) is 12.8 Å². The van der Waals surface area contributed by atoms with Gasteiger partial charge in [-0.2, -0.15) is 0 Å². The largest absolute Gasteiger partial charge is 0.370 e. The first-order valence-corrected chi connectivity index (χ1v) is 3.69. The van der Waals surface area contributed by atoms with Crippen LogP contribution in [0.2, 0.25) is 0 Å². The Hall–Kier alpha value is -0.480. The Bertz CT molecular complexity index is 137. The number of hydrogen-bond donors (Lipinski definition) is 2. The molecule has 0 saturated heterocycles. The van der Waals surface area contributed by atoms with Crippen LogP contribution < -0.4 is 11.5 Å². The van der Waals surface area contributed by atoms with Gasteiger partial charge in [-0.15, -0.1) is 24.8 Å². The summed E-state index contributed by atoms with van der Waals surface area (Å²) in [5.41, 5.74) is 9.81. The number of amides is 2. The average molecular weight is 231 g/mol. The van der Waals surface area contributed by atoms with Gasteiger partial charge in [0.25, 0.3) is 0 Å². The number of unbranched alkanes of at least 4 members (excludes halogenated alkanes) is 2. The van der Waals surface area contributed by atoms with E-state index in [-0.39, 0.29) is 36.6 Å². The maximum Gasteiger partial charge on any atom is 0.217 e. The van der Waals surface area contributed by atoms with E-state index in [1.54, 1.807) is 0 Å². The highest BCUT2D eigenvalue weighted by atomic mass is 35.5. The molecule has 0 radical (unpaired) electrons. The molecule has 0 spiro atoms. The fourth-order valence-corrected chi connectivity index (χ4v) is 0.775. The van der Waals surface area contributed by atoms with E-state index in [1.807, 2.05) is 0 Å². The minimum atomic E-state index is -0.288. The average Bonchev–Trinajstić information content (AvgIpc) is 1.85. The minimum Gasteiger partial charge on any atom is -0.370 e. The molecule has 0 aliphatic carbocycles. The van der Waals surface area contributed by atoms with Crippen molar-refractivity contribution in [2.75, 3.05) is 0 Å². The summed E-state index contributed by atoms with van der Waals surface area (Å²) < 4.78 is 0. The zero-order valence-corrected chi connectivity index (χ0v) is 8.96. The molecule has 0 fully saturated rings. The van der Waals surface area contributed by atoms with E-state index in [9.17, 15) is 9.59 Å². The fraction of sp³-hybridized carbons (Fsp3) is 0.714. The van der Waals surface area contributed by atoms with Crippen molar-refractivity contribution in [1.82, 2.24) is 0 Å². The molecular formula is C7H16Cl2N2O2. The fourth-order valence-electron chi connectivity index (χ4n) is 0.775. The molecule has 13 heavy (non-hydrogen) atoms. The van der Waals surface area contributed by atoms with Crippen molar-refractivity contribution in [1.29, 1.82) is 0 Å². The van der Waals surface area contributed by atoms with Crippen LogP contribution in [-0.2, 0) is 9.59 Å². The SMILES string of the molecule is Cl.Cl.NC(=O)CCCCCC(N)=O. The molecule has 0 atom stereocenters. The maximum absolute atomic E-state index is 10.2. The summed E-state index contributed by atoms with van der Waals surface area (Å²) in [6.07, 6.45) is 3.15. The molecule has 0 aromatic carbocycles. The Labute approximate surface area is 90.2 Å². The van der Waals surface area contributed by atoms with E-state index in [2.05, 4.69) is 0 Å². The number of nitrogens with two attached hydrogens (primary N) is 2. The van der Waals surface area contributed by atoms with Gasteiger partial charge in [0, 0.05) is 12.8 Å². The number of rotatable bonds is 6. The molecule has 0 aromatic rings. The van der Waals surface area contributed by atoms with Gasteiger partial charge in [-0.3, -0.25) is 9.59 Å². The maximum atomic E-state index is 10.2. The molecule has 80 valence electrons. The minimum absolute atomic E-state index is 0. The molecular weight excluding hydrogens is 215 g/mol. The number of primary amides is 2. The van der Waals surface area contributed by atoms with Gasteiger partial charge in [0.15, 0.2) is 0 Å². The first kappa shape index (κ1) is 18.3. The van der Waals surface area contributed by atoms with Crippen molar-refractivity contribution in [2.45, 2.75) is 32.1 Å². The van der Waals surface area contributed by atoms with Gasteiger partial charge in [-0.1, -0.05) is 6.42 Å². The summed E-state index contributed by atoms with van der Waals surface area (Å²) in [4.78, 5) is 20.5. The molecule has 0 heterocycles. The summed E-state index contributed by atoms with van der Waals surface area (Å²) in [7, 11) is 0. The lowest BCUT2D eigenvalue weighted by molar-refractivity contribution is -0.118. The van der Waals surface area contributed by atoms with Crippen molar-refractivity contribution in [2.24, 2.45) is 11.5 Å². The lowest BCUT2D eigenvalue weighted by Gasteiger charge is -1.95. The van der Waals surface area contributed by atoms with Crippen molar-refractivity contribution in [3.05, 3.63) is 0 Å². The van der Waals surface area contributed by atoms with Crippen molar-refractivity contribution in [3.63, 3.8) is 0 Å². The van der Waals surface area contributed by atoms with Crippen LogP contribution in [0.1, 0.15) is 32.1 Å². The molecule has 6 heteroatoms. The number of carbonyl (C=O) groups is 2. The van der Waals surface area contributed by atoms with Crippen LogP contribution in [-0.4, -0.2) is 11.8 Å². The standard InChI is InChI=1S/C7H14N2O2.2ClH/c8-6(10)4-2-1-3-5-7(9)11;;/h1-5H2,(H2,8,10)(H2,9,11);2*1H. The quantitative estimate of drug-likeness (QED) is 0.661. The first-order chi connectivity index (χ1) is 5.13. The van der Waals surface area contributed by atoms with Gasteiger partial charge in [-0.25, -0.2) is 0 Å². The number of halogens is 2. The Morgan fingerprint density at radius 3 is 1.31 bits per heavy atom. The van der Waals surface area contributed by atoms with Crippen molar-refractivity contribution < 1.29 is 9.59 Å². The van der Waals surface area contributed by atoms with Crippen LogP contribution in [0.25, 0.3) is 0 Å². The predicted octanol–water partition coefficient (Wildman–Crippen LogP) is 0.751. The molecule has 4 N–H and O–H groups in total. The van der Waals surface area contributed by atoms with Gasteiger partial charge in [0.05, 0.1) is 0 Å². The molecule has 0 bridgehead atoms. The zero-order valence-electron chi connectivity index (χ0n) is 7.32. The van der Waals surface area contributed by atoms with E-state index in [0.717, 1.165) is 19.3 Å². The number of carbonyl (C=O) groups excluding carboxylic acids is 2. The summed E-state index contributed by atoms with van der Waals surface area (Å²) in [5.74, 6) is -0.576. The lowest BCUT2D eigenvalue weighted by Crippen LogP contribution is -2.11. The summed E-state index contributed by atoms with van der Waals surface area (Å²) in [6.45, 7) is 0. The molecule has 4 nitrogen and oxygen atoms in total. The van der Waals surface area contributed by atoms with E-state index >= 15 is 0 Å². The third kappa shape index (κ3) is 18.5. The molecule has 0 aliphatic heterocycles. The Kier molecular flexibility index (Phi) is 16.2. The lowest BCUT2D eigenvalue weighted by atomic mass is 10.1. The van der Waals surface area contributed by atoms with Gasteiger partial charge >= 0.3 is 0 Å². The molecule has 2 amide bonds. The molecule has 0 aliphatic rings. The van der Waals surface area contributed by atoms with Crippen molar-refractivity contribution in [3.8, 4) is 0 Å². The Morgan fingerprint density at radius 1 is 0.769 bits per heavy atom. The van der Waals surface area contributed by atoms with Crippen molar-refractivity contribution >= 4 is 36.6 Å². The van der Waals surface area contributed by atoms with Gasteiger partial charge in [0.1, 0.15) is 0 Å². The Morgan fingerprint density at radius 2 is 1.08 bits per heavy atom. The summed E-state index contributed by atoms with van der Waals surface area (Å²) in [6, 6.07) is 0. The third-order valence-electron chi connectivity index (χ3n) is 1.35. The summed E-state index contributed by atoms with van der Waals surface area (Å²) in [5, 5.41) is 0. The first-order valence-electron chi connectivity index (χ1n) is 3.69. The van der Waals surface area contributed by atoms with Gasteiger partial charge in [-0.05, 0) is 12.8 Å². The Balaban J connectivity index is -0.000000500. The highest BCUT2D eigenvalue weighted by Gasteiger charge is 1.96. The van der Waals surface area contributed by atoms with Crippen LogP contribution in [0.4, 0.5) is 0 Å². The van der Waals surface area contributed by atoms with Gasteiger partial charge in [0.2, 0.25) is 11.8 Å². The van der Waals surface area contributed by atoms with E-state index in [4.69, 9.17) is 11.5 Å². The van der Waals surface area contributed by atoms with E-state index in [1.165, 1.54) is 0 Å². The highest BCUT2D eigenvalue weighted by molar-refractivity contribution is 5.85. The number of hydrogen-bond acceptors (Lipinski definition) is 2. The van der Waals surface area contributed by atoms with Crippen LogP contribution >= 0.6 is 24.8 Å². The smallest absolute Gasteiger partial charge is 0.217 e. The van der Waals surface area contributed by atoms with Crippen LogP contribution in [0.5, 0.6) is 0 Å². The molecule has 0 rings (SSSR count). The zero-order chi connectivity index (χ0) is 8.69. The molecule has 0 saturated carbocycles. The van der Waals surface area contributed by atoms with E-state index < -0.39 is 0 Å². The van der Waals surface area contributed by atoms with Crippen LogP contribution in [0, 0.1) is 0 Å². The summed E-state index contributed by atoms with van der Waals surface area (Å²) >= 11 is 0. The third-order valence-corrected chi connectivity index (χ3v) is 1.35. The topological polar surface area (TPSA) is 86.2 Å². The van der Waals surface area contributed by atoms with Crippen LogP contribution in [0.3, 0.4) is 0 Å². The van der Waals surface area contributed by atoms with Gasteiger partial charge < -0.3 is 11.5 Å². The second kappa shape index (κ2) is 11.5. The second-order valence-electron chi connectivity index (χ2n) is 2.49. The highest BCUT2D eigenvalue weighted by Crippen LogP contribution is 2.01.